The monoisotopic (exact) mass is 568 g/mol. The van der Waals surface area contributed by atoms with Gasteiger partial charge in [0, 0.05) is 38.4 Å². The van der Waals surface area contributed by atoms with Crippen LogP contribution in [-0.4, -0.2) is 92.1 Å². The van der Waals surface area contributed by atoms with Gasteiger partial charge in [0.2, 0.25) is 5.91 Å². The number of rotatable bonds is 8. The van der Waals surface area contributed by atoms with Gasteiger partial charge in [-0.15, -0.1) is 0 Å². The van der Waals surface area contributed by atoms with E-state index in [0.717, 1.165) is 61.5 Å². The Morgan fingerprint density at radius 2 is 1.98 bits per heavy atom. The zero-order valence-corrected chi connectivity index (χ0v) is 23.1. The maximum atomic E-state index is 13.0. The van der Waals surface area contributed by atoms with Gasteiger partial charge in [0.05, 0.1) is 36.7 Å². The highest BCUT2D eigenvalue weighted by atomic mass is 16.5. The number of nitrogens with zero attached hydrogens (tertiary/aromatic N) is 7. The summed E-state index contributed by atoms with van der Waals surface area (Å²) >= 11 is 0. The number of morpholine rings is 1. The Balaban J connectivity index is 1.10. The average molecular weight is 569 g/mol. The van der Waals surface area contributed by atoms with E-state index in [1.165, 1.54) is 12.3 Å². The fourth-order valence-electron chi connectivity index (χ4n) is 5.34. The van der Waals surface area contributed by atoms with E-state index in [2.05, 4.69) is 56.9 Å². The van der Waals surface area contributed by atoms with Crippen LogP contribution in [0.1, 0.15) is 28.9 Å². The molecule has 2 amide bonds. The van der Waals surface area contributed by atoms with Gasteiger partial charge in [-0.2, -0.15) is 0 Å². The Morgan fingerprint density at radius 3 is 2.79 bits per heavy atom. The van der Waals surface area contributed by atoms with Crippen LogP contribution in [0.3, 0.4) is 0 Å². The zero-order chi connectivity index (χ0) is 28.9. The minimum absolute atomic E-state index is 0.0829. The molecular formula is C29H32N10O3. The summed E-state index contributed by atoms with van der Waals surface area (Å²) in [6, 6.07) is 5.72. The molecule has 0 aliphatic carbocycles. The second-order valence-electron chi connectivity index (χ2n) is 10.3. The highest BCUT2D eigenvalue weighted by Gasteiger charge is 2.22. The Labute approximate surface area is 242 Å². The molecule has 42 heavy (non-hydrogen) atoms. The number of piperidine rings is 1. The van der Waals surface area contributed by atoms with Gasteiger partial charge in [-0.25, -0.2) is 19.9 Å². The van der Waals surface area contributed by atoms with Crippen LogP contribution in [0.25, 0.3) is 22.4 Å². The summed E-state index contributed by atoms with van der Waals surface area (Å²) < 4.78 is 5.47. The van der Waals surface area contributed by atoms with Crippen LogP contribution in [0, 0.1) is 0 Å². The molecule has 2 aliphatic heterocycles. The topological polar surface area (TPSA) is 154 Å². The molecule has 4 aromatic heterocycles. The number of nitrogens with one attached hydrogen (secondary N) is 3. The van der Waals surface area contributed by atoms with Crippen molar-refractivity contribution in [2.75, 3.05) is 49.6 Å². The van der Waals surface area contributed by atoms with Crippen molar-refractivity contribution in [1.82, 2.24) is 40.1 Å². The van der Waals surface area contributed by atoms with E-state index >= 15 is 0 Å². The molecule has 216 valence electrons. The Morgan fingerprint density at radius 1 is 1.10 bits per heavy atom. The molecule has 0 aromatic carbocycles. The van der Waals surface area contributed by atoms with Gasteiger partial charge in [-0.05, 0) is 49.2 Å². The number of anilines is 2. The number of aromatic nitrogens is 6. The molecule has 1 atom stereocenters. The number of amides is 2. The molecular weight excluding hydrogens is 536 g/mol. The van der Waals surface area contributed by atoms with E-state index in [1.54, 1.807) is 24.8 Å². The first kappa shape index (κ1) is 27.4. The summed E-state index contributed by atoms with van der Waals surface area (Å²) in [4.78, 5) is 54.4. The second-order valence-corrected chi connectivity index (χ2v) is 10.3. The van der Waals surface area contributed by atoms with Crippen LogP contribution in [0.5, 0.6) is 0 Å². The largest absolute Gasteiger partial charge is 0.378 e. The van der Waals surface area contributed by atoms with Crippen LogP contribution >= 0.6 is 0 Å². The number of pyridine rings is 1. The quantitative estimate of drug-likeness (QED) is 0.269. The van der Waals surface area contributed by atoms with Gasteiger partial charge in [0.15, 0.2) is 5.82 Å². The van der Waals surface area contributed by atoms with E-state index in [0.29, 0.717) is 36.9 Å². The van der Waals surface area contributed by atoms with Crippen molar-refractivity contribution >= 4 is 34.5 Å². The summed E-state index contributed by atoms with van der Waals surface area (Å²) in [5, 5.41) is 6.67. The molecule has 2 aliphatic rings. The van der Waals surface area contributed by atoms with Crippen molar-refractivity contribution < 1.29 is 14.3 Å². The van der Waals surface area contributed by atoms with E-state index < -0.39 is 0 Å². The first-order chi connectivity index (χ1) is 20.6. The SMILES string of the molecule is C=CC(=O)N[C@@H]1CCCN(Cc2ccnc(C(=O)Nc3cnc(-c4cc5c(N6CCOCC6)ncnc5[nH]4)cn3)c2)C1. The predicted octanol–water partition coefficient (Wildman–Crippen LogP) is 2.17. The molecule has 2 fully saturated rings. The number of H-pyrrole nitrogens is 1. The van der Waals surface area contributed by atoms with Crippen molar-refractivity contribution in [2.24, 2.45) is 0 Å². The Bertz CT molecular complexity index is 1580. The van der Waals surface area contributed by atoms with Crippen molar-refractivity contribution in [3.8, 4) is 11.4 Å². The Kier molecular flexibility index (Phi) is 8.10. The normalized spacial score (nSPS) is 17.6. The third kappa shape index (κ3) is 6.26. The fourth-order valence-corrected chi connectivity index (χ4v) is 5.34. The molecule has 2 saturated heterocycles. The number of hydrogen-bond donors (Lipinski definition) is 3. The van der Waals surface area contributed by atoms with Crippen LogP contribution < -0.4 is 15.5 Å². The average Bonchev–Trinajstić information content (AvgIpc) is 3.47. The number of aromatic amines is 1. The van der Waals surface area contributed by atoms with Crippen LogP contribution in [0.15, 0.2) is 55.8 Å². The van der Waals surface area contributed by atoms with Crippen molar-refractivity contribution in [1.29, 1.82) is 0 Å². The van der Waals surface area contributed by atoms with Gasteiger partial charge in [-0.3, -0.25) is 19.5 Å². The predicted molar refractivity (Wildman–Crippen MR) is 157 cm³/mol. The Hall–Kier alpha value is -4.75. The molecule has 3 N–H and O–H groups in total. The van der Waals surface area contributed by atoms with E-state index in [-0.39, 0.29) is 23.6 Å². The van der Waals surface area contributed by atoms with Gasteiger partial charge in [0.1, 0.15) is 29.2 Å². The van der Waals surface area contributed by atoms with Crippen molar-refractivity contribution in [3.05, 3.63) is 67.0 Å². The summed E-state index contributed by atoms with van der Waals surface area (Å²) in [5.74, 6) is 0.647. The molecule has 6 heterocycles. The molecule has 0 saturated carbocycles. The first-order valence-electron chi connectivity index (χ1n) is 14.0. The van der Waals surface area contributed by atoms with E-state index in [1.807, 2.05) is 12.1 Å². The number of fused-ring (bicyclic) bond motifs is 1. The first-order valence-corrected chi connectivity index (χ1v) is 14.0. The van der Waals surface area contributed by atoms with E-state index in [4.69, 9.17) is 4.74 Å². The third-order valence-electron chi connectivity index (χ3n) is 7.39. The molecule has 13 heteroatoms. The number of carbonyl (C=O) groups excluding carboxylic acids is 2. The van der Waals surface area contributed by atoms with Gasteiger partial charge < -0.3 is 25.3 Å². The number of likely N-dealkylation sites (tertiary alicyclic amines) is 1. The highest BCUT2D eigenvalue weighted by Crippen LogP contribution is 2.28. The number of hydrogen-bond acceptors (Lipinski definition) is 10. The molecule has 4 aromatic rings. The number of ether oxygens (including phenoxy) is 1. The molecule has 0 spiro atoms. The third-order valence-corrected chi connectivity index (χ3v) is 7.39. The second kappa shape index (κ2) is 12.4. The summed E-state index contributed by atoms with van der Waals surface area (Å²) in [6.45, 7) is 8.71. The minimum atomic E-state index is -0.371. The van der Waals surface area contributed by atoms with Crippen LogP contribution in [0.2, 0.25) is 0 Å². The van der Waals surface area contributed by atoms with Crippen molar-refractivity contribution in [3.63, 3.8) is 0 Å². The molecule has 0 unspecified atom stereocenters. The fraction of sp³-hybridized carbons (Fsp3) is 0.345. The minimum Gasteiger partial charge on any atom is -0.378 e. The van der Waals surface area contributed by atoms with Crippen LogP contribution in [0.4, 0.5) is 11.6 Å². The maximum absolute atomic E-state index is 13.0. The summed E-state index contributed by atoms with van der Waals surface area (Å²) in [5.41, 5.74) is 3.34. The van der Waals surface area contributed by atoms with Gasteiger partial charge >= 0.3 is 0 Å². The lowest BCUT2D eigenvalue weighted by atomic mass is 10.0. The maximum Gasteiger partial charge on any atom is 0.275 e. The summed E-state index contributed by atoms with van der Waals surface area (Å²) in [6.07, 6.45) is 9.51. The molecule has 13 nitrogen and oxygen atoms in total. The van der Waals surface area contributed by atoms with E-state index in [9.17, 15) is 9.59 Å². The smallest absolute Gasteiger partial charge is 0.275 e. The lowest BCUT2D eigenvalue weighted by Gasteiger charge is -2.33. The summed E-state index contributed by atoms with van der Waals surface area (Å²) in [7, 11) is 0. The van der Waals surface area contributed by atoms with Gasteiger partial charge in [0.25, 0.3) is 5.91 Å². The molecule has 0 bridgehead atoms. The van der Waals surface area contributed by atoms with Crippen LogP contribution in [-0.2, 0) is 16.1 Å². The lowest BCUT2D eigenvalue weighted by Crippen LogP contribution is -2.46. The van der Waals surface area contributed by atoms with Gasteiger partial charge in [-0.1, -0.05) is 6.58 Å². The molecule has 6 rings (SSSR count). The highest BCUT2D eigenvalue weighted by molar-refractivity contribution is 6.02. The standard InChI is InChI=1S/C29H32N10O3/c1-2-26(40)35-20-4-3-7-38(17-20)16-19-5-6-30-23(12-19)29(41)37-25-15-31-24(14-32-25)22-13-21-27(36-22)33-18-34-28(21)39-8-10-42-11-9-39/h2,5-6,12-15,18,20H,1,3-4,7-11,16-17H2,(H,35,40)(H,32,37,41)(H,33,34,36)/t20-/m1/s1. The number of carbonyl (C=O) groups is 2. The van der Waals surface area contributed by atoms with Crippen molar-refractivity contribution in [2.45, 2.75) is 25.4 Å². The molecule has 0 radical (unpaired) electrons. The lowest BCUT2D eigenvalue weighted by molar-refractivity contribution is -0.117. The zero-order valence-electron chi connectivity index (χ0n) is 23.1.